The van der Waals surface area contributed by atoms with Gasteiger partial charge in [-0.25, -0.2) is 5.32 Å². The van der Waals surface area contributed by atoms with E-state index in [9.17, 15) is 4.79 Å². The van der Waals surface area contributed by atoms with Gasteiger partial charge in [0.1, 0.15) is 5.69 Å². The first-order valence-electron chi connectivity index (χ1n) is 7.38. The number of hydrogen-bond acceptors (Lipinski definition) is 1. The number of anilines is 1. The molecule has 1 amide bonds. The topological polar surface area (TPSA) is 55.1 Å². The van der Waals surface area contributed by atoms with Crippen LogP contribution in [0.5, 0.6) is 0 Å². The summed E-state index contributed by atoms with van der Waals surface area (Å²) in [5, 5.41) is 6.00. The van der Waals surface area contributed by atoms with Gasteiger partial charge in [0.2, 0.25) is 0 Å². The Morgan fingerprint density at radius 2 is 1.59 bits per heavy atom. The molecule has 0 atom stereocenters. The van der Waals surface area contributed by atoms with E-state index in [0.717, 1.165) is 17.1 Å². The molecule has 4 heteroatoms. The van der Waals surface area contributed by atoms with Crippen LogP contribution in [0, 0.1) is 0 Å². The van der Waals surface area contributed by atoms with Crippen LogP contribution >= 0.6 is 0 Å². The molecule has 3 N–H and O–H groups in total. The smallest absolute Gasteiger partial charge is 0.280 e. The Bertz CT molecular complexity index is 646. The van der Waals surface area contributed by atoms with Gasteiger partial charge in [-0.05, 0) is 50.2 Å². The van der Waals surface area contributed by atoms with E-state index in [4.69, 9.17) is 0 Å². The van der Waals surface area contributed by atoms with Crippen molar-refractivity contribution in [1.29, 1.82) is 0 Å². The second-order valence-corrected chi connectivity index (χ2v) is 5.32. The van der Waals surface area contributed by atoms with Crippen LogP contribution in [-0.2, 0) is 0 Å². The van der Waals surface area contributed by atoms with Gasteiger partial charge in [-0.1, -0.05) is 18.2 Å². The number of benzene rings is 2. The van der Waals surface area contributed by atoms with Crippen LogP contribution < -0.4 is 15.6 Å². The summed E-state index contributed by atoms with van der Waals surface area (Å²) >= 11 is 0. The van der Waals surface area contributed by atoms with Gasteiger partial charge < -0.3 is 5.32 Å². The SMILES string of the molecule is CNC(=O)c1ccc(NC(=[NH+]C(C)C)c2ccccc2)cc1. The van der Waals surface area contributed by atoms with Gasteiger partial charge in [-0.3, -0.25) is 9.79 Å². The lowest BCUT2D eigenvalue weighted by molar-refractivity contribution is -0.492. The van der Waals surface area contributed by atoms with E-state index < -0.39 is 0 Å². The van der Waals surface area contributed by atoms with Crippen molar-refractivity contribution < 1.29 is 9.79 Å². The van der Waals surface area contributed by atoms with Crippen molar-refractivity contribution in [2.75, 3.05) is 12.4 Å². The van der Waals surface area contributed by atoms with Crippen LogP contribution in [0.25, 0.3) is 0 Å². The molecule has 0 bridgehead atoms. The second-order valence-electron chi connectivity index (χ2n) is 5.32. The molecule has 0 unspecified atom stereocenters. The summed E-state index contributed by atoms with van der Waals surface area (Å²) in [4.78, 5) is 15.0. The highest BCUT2D eigenvalue weighted by Crippen LogP contribution is 2.10. The fourth-order valence-corrected chi connectivity index (χ4v) is 2.08. The van der Waals surface area contributed by atoms with Gasteiger partial charge in [-0.15, -0.1) is 0 Å². The van der Waals surface area contributed by atoms with Gasteiger partial charge in [-0.2, -0.15) is 0 Å². The number of rotatable bonds is 4. The molecule has 2 aromatic carbocycles. The van der Waals surface area contributed by atoms with Crippen LogP contribution in [-0.4, -0.2) is 24.8 Å². The monoisotopic (exact) mass is 296 g/mol. The highest BCUT2D eigenvalue weighted by molar-refractivity contribution is 6.04. The van der Waals surface area contributed by atoms with E-state index in [2.05, 4.69) is 41.6 Å². The molecule has 0 heterocycles. The molecule has 0 aromatic heterocycles. The molecule has 0 radical (unpaired) electrons. The summed E-state index contributed by atoms with van der Waals surface area (Å²) in [6.07, 6.45) is 0. The molecule has 0 aliphatic heterocycles. The van der Waals surface area contributed by atoms with E-state index in [1.54, 1.807) is 19.2 Å². The number of carbonyl (C=O) groups excluding carboxylic acids is 1. The third kappa shape index (κ3) is 4.19. The first-order valence-corrected chi connectivity index (χ1v) is 7.38. The fourth-order valence-electron chi connectivity index (χ4n) is 2.08. The molecule has 22 heavy (non-hydrogen) atoms. The molecular weight excluding hydrogens is 274 g/mol. The number of amidine groups is 1. The lowest BCUT2D eigenvalue weighted by Gasteiger charge is -2.06. The van der Waals surface area contributed by atoms with Gasteiger partial charge in [0, 0.05) is 12.6 Å². The third-order valence-corrected chi connectivity index (χ3v) is 3.14. The van der Waals surface area contributed by atoms with Gasteiger partial charge in [0.05, 0.1) is 11.6 Å². The Balaban J connectivity index is 2.23. The lowest BCUT2D eigenvalue weighted by atomic mass is 10.1. The minimum atomic E-state index is -0.0842. The van der Waals surface area contributed by atoms with Gasteiger partial charge >= 0.3 is 0 Å². The molecule has 2 aromatic rings. The normalized spacial score (nSPS) is 11.4. The molecule has 0 saturated carbocycles. The zero-order valence-corrected chi connectivity index (χ0v) is 13.2. The first kappa shape index (κ1) is 15.8. The summed E-state index contributed by atoms with van der Waals surface area (Å²) in [5.41, 5.74) is 2.66. The van der Waals surface area contributed by atoms with Crippen LogP contribution in [0.15, 0.2) is 54.6 Å². The molecule has 0 saturated heterocycles. The predicted molar refractivity (Wildman–Crippen MR) is 90.1 cm³/mol. The van der Waals surface area contributed by atoms with E-state index in [-0.39, 0.29) is 5.91 Å². The Morgan fingerprint density at radius 3 is 2.14 bits per heavy atom. The largest absolute Gasteiger partial charge is 0.355 e. The molecule has 2 rings (SSSR count). The number of nitrogens with one attached hydrogen (secondary N) is 3. The minimum absolute atomic E-state index is 0.0842. The lowest BCUT2D eigenvalue weighted by Crippen LogP contribution is -2.79. The van der Waals surface area contributed by atoms with Crippen LogP contribution in [0.3, 0.4) is 0 Å². The van der Waals surface area contributed by atoms with Crippen LogP contribution in [0.4, 0.5) is 5.69 Å². The summed E-state index contributed by atoms with van der Waals surface area (Å²) in [6, 6.07) is 17.8. The Kier molecular flexibility index (Phi) is 5.31. The average molecular weight is 296 g/mol. The zero-order valence-electron chi connectivity index (χ0n) is 13.2. The second kappa shape index (κ2) is 7.41. The molecule has 114 valence electrons. The maximum atomic E-state index is 11.6. The number of carbonyl (C=O) groups is 1. The van der Waals surface area contributed by atoms with Crippen molar-refractivity contribution in [2.24, 2.45) is 0 Å². The summed E-state index contributed by atoms with van der Waals surface area (Å²) in [6.45, 7) is 4.19. The molecule has 0 spiro atoms. The van der Waals surface area contributed by atoms with Crippen molar-refractivity contribution in [1.82, 2.24) is 5.32 Å². The molecular formula is C18H22N3O+. The molecule has 4 nitrogen and oxygen atoms in total. The van der Waals surface area contributed by atoms with E-state index in [0.29, 0.717) is 11.6 Å². The van der Waals surface area contributed by atoms with Crippen molar-refractivity contribution >= 4 is 17.4 Å². The minimum Gasteiger partial charge on any atom is -0.355 e. The maximum Gasteiger partial charge on any atom is 0.280 e. The summed E-state index contributed by atoms with van der Waals surface area (Å²) in [5.74, 6) is 0.863. The Labute approximate surface area is 131 Å². The molecule has 0 aliphatic carbocycles. The summed E-state index contributed by atoms with van der Waals surface area (Å²) in [7, 11) is 1.63. The maximum absolute atomic E-state index is 11.6. The quantitative estimate of drug-likeness (QED) is 0.590. The zero-order chi connectivity index (χ0) is 15.9. The van der Waals surface area contributed by atoms with Gasteiger partial charge in [0.15, 0.2) is 0 Å². The Hall–Kier alpha value is -2.62. The highest BCUT2D eigenvalue weighted by atomic mass is 16.1. The van der Waals surface area contributed by atoms with Crippen molar-refractivity contribution in [2.45, 2.75) is 19.9 Å². The van der Waals surface area contributed by atoms with E-state index >= 15 is 0 Å². The van der Waals surface area contributed by atoms with E-state index in [1.165, 1.54) is 0 Å². The molecule has 0 fully saturated rings. The molecule has 0 aliphatic rings. The standard InChI is InChI=1S/C18H21N3O/c1-13(2)20-17(14-7-5-4-6-8-14)21-16-11-9-15(10-12-16)18(22)19-3/h4-13H,1-3H3,(H,19,22)(H,20,21)/p+1. The van der Waals surface area contributed by atoms with Crippen molar-refractivity contribution in [3.05, 3.63) is 65.7 Å². The first-order chi connectivity index (χ1) is 10.6. The van der Waals surface area contributed by atoms with Crippen molar-refractivity contribution in [3.63, 3.8) is 0 Å². The van der Waals surface area contributed by atoms with Crippen molar-refractivity contribution in [3.8, 4) is 0 Å². The fraction of sp³-hybridized carbons (Fsp3) is 0.222. The number of amides is 1. The Morgan fingerprint density at radius 1 is 0.955 bits per heavy atom. The third-order valence-electron chi connectivity index (χ3n) is 3.14. The average Bonchev–Trinajstić information content (AvgIpc) is 2.54. The highest BCUT2D eigenvalue weighted by Gasteiger charge is 2.12. The predicted octanol–water partition coefficient (Wildman–Crippen LogP) is 1.39. The van der Waals surface area contributed by atoms with Crippen LogP contribution in [0.2, 0.25) is 0 Å². The van der Waals surface area contributed by atoms with Crippen LogP contribution in [0.1, 0.15) is 29.8 Å². The summed E-state index contributed by atoms with van der Waals surface area (Å²) < 4.78 is 0. The van der Waals surface area contributed by atoms with Gasteiger partial charge in [0.25, 0.3) is 11.7 Å². The van der Waals surface area contributed by atoms with E-state index in [1.807, 2.05) is 30.3 Å². The number of hydrogen-bond donors (Lipinski definition) is 3.